The summed E-state index contributed by atoms with van der Waals surface area (Å²) in [5.74, 6) is 0.150. The van der Waals surface area contributed by atoms with Crippen LogP contribution in [0.15, 0.2) is 36.4 Å². The van der Waals surface area contributed by atoms with E-state index in [1.54, 1.807) is 24.3 Å². The fourth-order valence-corrected chi connectivity index (χ4v) is 2.54. The van der Waals surface area contributed by atoms with Gasteiger partial charge in [0.1, 0.15) is 23.4 Å². The first-order valence-corrected chi connectivity index (χ1v) is 7.01. The van der Waals surface area contributed by atoms with Crippen LogP contribution in [-0.4, -0.2) is 26.1 Å². The number of benzene rings is 2. The third-order valence-corrected chi connectivity index (χ3v) is 3.74. The fraction of sp³-hybridized carbons (Fsp3) is 0.235. The number of halogens is 1. The van der Waals surface area contributed by atoms with Crippen LogP contribution in [0.25, 0.3) is 0 Å². The summed E-state index contributed by atoms with van der Waals surface area (Å²) in [5, 5.41) is 0. The highest BCUT2D eigenvalue weighted by Gasteiger charge is 2.47. The monoisotopic (exact) mass is 317 g/mol. The predicted molar refractivity (Wildman–Crippen MR) is 82.3 cm³/mol. The number of epoxide rings is 1. The molecule has 0 amide bonds. The molecule has 0 radical (unpaired) electrons. The smallest absolute Gasteiger partial charge is 0.200 e. The molecular weight excluding hydrogens is 301 g/mol. The summed E-state index contributed by atoms with van der Waals surface area (Å²) in [6.07, 6.45) is -1.16. The van der Waals surface area contributed by atoms with Crippen LogP contribution in [0.3, 0.4) is 0 Å². The van der Waals surface area contributed by atoms with Crippen molar-refractivity contribution in [2.45, 2.75) is 12.2 Å². The Kier molecular flexibility index (Phi) is 3.92. The standard InChI is InChI=1S/C17H16FNO4/c1-21-11-7-12(19)14(13(8-11)22-2)15(20)17-16(23-17)9-4-3-5-10(18)6-9/h3-8,16-17H,19H2,1-2H3/t16-,17-/m1/s1. The fourth-order valence-electron chi connectivity index (χ4n) is 2.54. The normalized spacial score (nSPS) is 19.3. The van der Waals surface area contributed by atoms with Crippen LogP contribution >= 0.6 is 0 Å². The van der Waals surface area contributed by atoms with Gasteiger partial charge < -0.3 is 19.9 Å². The molecule has 23 heavy (non-hydrogen) atoms. The molecule has 1 aliphatic rings. The second-order valence-corrected chi connectivity index (χ2v) is 5.19. The molecule has 0 saturated carbocycles. The Morgan fingerprint density at radius 3 is 2.65 bits per heavy atom. The van der Waals surface area contributed by atoms with E-state index in [2.05, 4.69) is 0 Å². The first kappa shape index (κ1) is 15.3. The Balaban J connectivity index is 1.88. The zero-order chi connectivity index (χ0) is 16.6. The molecule has 3 rings (SSSR count). The quantitative estimate of drug-likeness (QED) is 0.521. The van der Waals surface area contributed by atoms with Crippen molar-refractivity contribution >= 4 is 11.5 Å². The summed E-state index contributed by atoms with van der Waals surface area (Å²) in [5.41, 5.74) is 7.07. The van der Waals surface area contributed by atoms with Gasteiger partial charge in [-0.15, -0.1) is 0 Å². The van der Waals surface area contributed by atoms with Crippen LogP contribution in [0.2, 0.25) is 0 Å². The number of Topliss-reactive ketones (excluding diaryl/α,β-unsaturated/α-hetero) is 1. The third kappa shape index (κ3) is 2.85. The number of rotatable bonds is 5. The molecule has 0 bridgehead atoms. The Morgan fingerprint density at radius 2 is 2.00 bits per heavy atom. The zero-order valence-electron chi connectivity index (χ0n) is 12.7. The number of carbonyl (C=O) groups is 1. The number of carbonyl (C=O) groups excluding carboxylic acids is 1. The lowest BCUT2D eigenvalue weighted by Gasteiger charge is -2.11. The highest BCUT2D eigenvalue weighted by atomic mass is 19.1. The number of methoxy groups -OCH3 is 2. The van der Waals surface area contributed by atoms with Crippen molar-refractivity contribution in [2.75, 3.05) is 20.0 Å². The SMILES string of the molecule is COc1cc(N)c(C(=O)[C@H]2O[C@@H]2c2cccc(F)c2)c(OC)c1. The minimum atomic E-state index is -0.693. The van der Waals surface area contributed by atoms with Crippen molar-refractivity contribution in [3.8, 4) is 11.5 Å². The lowest BCUT2D eigenvalue weighted by atomic mass is 10.0. The lowest BCUT2D eigenvalue weighted by Crippen LogP contribution is -2.13. The molecule has 2 N–H and O–H groups in total. The van der Waals surface area contributed by atoms with E-state index >= 15 is 0 Å². The van der Waals surface area contributed by atoms with Crippen LogP contribution in [-0.2, 0) is 4.74 Å². The molecule has 5 nitrogen and oxygen atoms in total. The highest BCUT2D eigenvalue weighted by molar-refractivity contribution is 6.08. The van der Waals surface area contributed by atoms with E-state index in [0.29, 0.717) is 17.1 Å². The summed E-state index contributed by atoms with van der Waals surface area (Å²) in [7, 11) is 2.95. The van der Waals surface area contributed by atoms with E-state index in [1.807, 2.05) is 0 Å². The van der Waals surface area contributed by atoms with Gasteiger partial charge in [0.2, 0.25) is 0 Å². The van der Waals surface area contributed by atoms with Gasteiger partial charge in [-0.2, -0.15) is 0 Å². The van der Waals surface area contributed by atoms with E-state index in [0.717, 1.165) is 0 Å². The number of hydrogen-bond donors (Lipinski definition) is 1. The highest BCUT2D eigenvalue weighted by Crippen LogP contribution is 2.43. The summed E-state index contributed by atoms with van der Waals surface area (Å²) < 4.78 is 29.0. The van der Waals surface area contributed by atoms with Crippen LogP contribution in [0.1, 0.15) is 22.0 Å². The van der Waals surface area contributed by atoms with E-state index in [-0.39, 0.29) is 22.9 Å². The summed E-state index contributed by atoms with van der Waals surface area (Å²) >= 11 is 0. The zero-order valence-corrected chi connectivity index (χ0v) is 12.7. The number of nitrogens with two attached hydrogens (primary N) is 1. The van der Waals surface area contributed by atoms with Crippen LogP contribution in [0, 0.1) is 5.82 Å². The minimum Gasteiger partial charge on any atom is -0.497 e. The molecule has 0 aliphatic carbocycles. The molecule has 0 spiro atoms. The van der Waals surface area contributed by atoms with Crippen LogP contribution in [0.5, 0.6) is 11.5 Å². The lowest BCUT2D eigenvalue weighted by molar-refractivity contribution is 0.0951. The van der Waals surface area contributed by atoms with E-state index in [1.165, 1.54) is 26.4 Å². The third-order valence-electron chi connectivity index (χ3n) is 3.74. The van der Waals surface area contributed by atoms with Gasteiger partial charge in [-0.3, -0.25) is 4.79 Å². The van der Waals surface area contributed by atoms with E-state index in [4.69, 9.17) is 19.9 Å². The largest absolute Gasteiger partial charge is 0.497 e. The average molecular weight is 317 g/mol. The molecule has 2 atom stereocenters. The van der Waals surface area contributed by atoms with Crippen LogP contribution < -0.4 is 15.2 Å². The van der Waals surface area contributed by atoms with Crippen molar-refractivity contribution in [1.82, 2.24) is 0 Å². The van der Waals surface area contributed by atoms with Crippen molar-refractivity contribution in [3.05, 3.63) is 53.3 Å². The summed E-state index contributed by atoms with van der Waals surface area (Å²) in [6.45, 7) is 0. The van der Waals surface area contributed by atoms with Gasteiger partial charge in [0.25, 0.3) is 0 Å². The maximum absolute atomic E-state index is 13.3. The molecule has 6 heteroatoms. The molecule has 2 aromatic carbocycles. The van der Waals surface area contributed by atoms with Gasteiger partial charge in [-0.1, -0.05) is 12.1 Å². The number of anilines is 1. The Labute approximate surface area is 132 Å². The summed E-state index contributed by atoms with van der Waals surface area (Å²) in [6, 6.07) is 9.13. The number of hydrogen-bond acceptors (Lipinski definition) is 5. The molecule has 0 aromatic heterocycles. The Bertz CT molecular complexity index is 762. The van der Waals surface area contributed by atoms with Gasteiger partial charge in [0.05, 0.1) is 19.8 Å². The van der Waals surface area contributed by atoms with Crippen molar-refractivity contribution in [1.29, 1.82) is 0 Å². The molecule has 1 fully saturated rings. The molecule has 1 saturated heterocycles. The molecule has 0 unspecified atom stereocenters. The number of ketones is 1. The molecule has 120 valence electrons. The molecule has 1 heterocycles. The Hall–Kier alpha value is -2.60. The Morgan fingerprint density at radius 1 is 1.22 bits per heavy atom. The van der Waals surface area contributed by atoms with E-state index in [9.17, 15) is 9.18 Å². The topological polar surface area (TPSA) is 74.1 Å². The maximum atomic E-state index is 13.3. The van der Waals surface area contributed by atoms with Crippen molar-refractivity contribution < 1.29 is 23.4 Å². The van der Waals surface area contributed by atoms with Gasteiger partial charge in [0.15, 0.2) is 11.9 Å². The molecule has 2 aromatic rings. The second kappa shape index (κ2) is 5.89. The van der Waals surface area contributed by atoms with Crippen molar-refractivity contribution in [3.63, 3.8) is 0 Å². The number of ether oxygens (including phenoxy) is 3. The van der Waals surface area contributed by atoms with Gasteiger partial charge in [-0.25, -0.2) is 4.39 Å². The maximum Gasteiger partial charge on any atom is 0.200 e. The predicted octanol–water partition coefficient (Wildman–Crippen LogP) is 2.75. The average Bonchev–Trinajstić information content (AvgIpc) is 3.34. The van der Waals surface area contributed by atoms with Gasteiger partial charge in [-0.05, 0) is 17.7 Å². The minimum absolute atomic E-state index is 0.247. The first-order chi connectivity index (χ1) is 11.0. The molecule has 1 aliphatic heterocycles. The van der Waals surface area contributed by atoms with Crippen molar-refractivity contribution in [2.24, 2.45) is 0 Å². The first-order valence-electron chi connectivity index (χ1n) is 7.01. The molecular formula is C17H16FNO4. The summed E-state index contributed by atoms with van der Waals surface area (Å²) in [4.78, 5) is 12.7. The second-order valence-electron chi connectivity index (χ2n) is 5.19. The van der Waals surface area contributed by atoms with E-state index < -0.39 is 12.2 Å². The van der Waals surface area contributed by atoms with Gasteiger partial charge >= 0.3 is 0 Å². The number of nitrogen functional groups attached to an aromatic ring is 1. The van der Waals surface area contributed by atoms with Crippen LogP contribution in [0.4, 0.5) is 10.1 Å². The van der Waals surface area contributed by atoms with Gasteiger partial charge in [0, 0.05) is 17.8 Å².